The number of carboxylic acid groups (broad SMARTS) is 1. The number of amides is 1. The molecule has 1 unspecified atom stereocenters. The Kier molecular flexibility index (Phi) is 7.60. The number of carbonyl (C=O) groups excluding carboxylic acids is 1. The minimum atomic E-state index is -1.15. The predicted octanol–water partition coefficient (Wildman–Crippen LogP) is 5.61. The number of halogens is 1. The van der Waals surface area contributed by atoms with Crippen LogP contribution in [0.3, 0.4) is 0 Å². The fourth-order valence-electron chi connectivity index (χ4n) is 4.34. The van der Waals surface area contributed by atoms with Crippen LogP contribution >= 0.6 is 11.3 Å². The van der Waals surface area contributed by atoms with E-state index < -0.39 is 23.7 Å². The van der Waals surface area contributed by atoms with Gasteiger partial charge in [0, 0.05) is 29.3 Å². The molecule has 6 nitrogen and oxygen atoms in total. The molecule has 0 aliphatic heterocycles. The monoisotopic (exact) mass is 493 g/mol. The van der Waals surface area contributed by atoms with Crippen LogP contribution in [0.2, 0.25) is 0 Å². The smallest absolute Gasteiger partial charge is 0.326 e. The van der Waals surface area contributed by atoms with Crippen molar-refractivity contribution >= 4 is 34.2 Å². The summed E-state index contributed by atoms with van der Waals surface area (Å²) in [7, 11) is 0. The van der Waals surface area contributed by atoms with Crippen molar-refractivity contribution in [3.05, 3.63) is 87.6 Å². The molecule has 8 heteroatoms. The third-order valence-corrected chi connectivity index (χ3v) is 7.08. The molecule has 2 aromatic carbocycles. The molecule has 0 radical (unpaired) electrons. The number of carbonyl (C=O) groups is 2. The second-order valence-corrected chi connectivity index (χ2v) is 9.56. The van der Waals surface area contributed by atoms with Crippen LogP contribution in [0.1, 0.15) is 59.4 Å². The van der Waals surface area contributed by atoms with Crippen LogP contribution in [0.4, 0.5) is 4.39 Å². The van der Waals surface area contributed by atoms with E-state index >= 15 is 0 Å². The lowest BCUT2D eigenvalue weighted by molar-refractivity contribution is -0.139. The molecule has 35 heavy (non-hydrogen) atoms. The number of nitrogens with zero attached hydrogens (tertiary/aromatic N) is 2. The van der Waals surface area contributed by atoms with Gasteiger partial charge in [0.25, 0.3) is 5.91 Å². The first kappa shape index (κ1) is 24.6. The van der Waals surface area contributed by atoms with Crippen LogP contribution < -0.4 is 5.32 Å². The van der Waals surface area contributed by atoms with Crippen molar-refractivity contribution in [2.75, 3.05) is 0 Å². The minimum absolute atomic E-state index is 0.0534. The molecule has 4 aromatic rings. The molecular weight excluding hydrogens is 465 g/mol. The maximum absolute atomic E-state index is 13.2. The lowest BCUT2D eigenvalue weighted by Gasteiger charge is -2.19. The molecule has 0 saturated carbocycles. The minimum Gasteiger partial charge on any atom is -0.480 e. The van der Waals surface area contributed by atoms with Gasteiger partial charge in [-0.25, -0.2) is 14.2 Å². The highest BCUT2D eigenvalue weighted by atomic mass is 32.1. The van der Waals surface area contributed by atoms with E-state index in [0.29, 0.717) is 29.1 Å². The highest BCUT2D eigenvalue weighted by Crippen LogP contribution is 2.28. The van der Waals surface area contributed by atoms with Gasteiger partial charge in [-0.3, -0.25) is 4.79 Å². The summed E-state index contributed by atoms with van der Waals surface area (Å²) < 4.78 is 15.4. The van der Waals surface area contributed by atoms with Gasteiger partial charge in [0.15, 0.2) is 0 Å². The van der Waals surface area contributed by atoms with Crippen molar-refractivity contribution in [2.24, 2.45) is 0 Å². The van der Waals surface area contributed by atoms with E-state index in [1.165, 1.54) is 29.1 Å². The zero-order chi connectivity index (χ0) is 24.9. The Bertz CT molecular complexity index is 1310. The van der Waals surface area contributed by atoms with Crippen LogP contribution in [-0.2, 0) is 17.6 Å². The number of thiophene rings is 1. The third kappa shape index (κ3) is 5.59. The van der Waals surface area contributed by atoms with Crippen LogP contribution in [0.5, 0.6) is 0 Å². The van der Waals surface area contributed by atoms with Gasteiger partial charge in [-0.1, -0.05) is 32.0 Å². The first-order valence-electron chi connectivity index (χ1n) is 11.7. The normalized spacial score (nSPS) is 12.2. The molecule has 0 aliphatic rings. The maximum atomic E-state index is 13.2. The topological polar surface area (TPSA) is 84.2 Å². The quantitative estimate of drug-likeness (QED) is 0.301. The molecule has 1 amide bonds. The molecular formula is C27H28FN3O3S. The van der Waals surface area contributed by atoms with Crippen LogP contribution in [0, 0.1) is 5.82 Å². The fraction of sp³-hybridized carbons (Fsp3) is 0.296. The molecule has 0 spiro atoms. The number of rotatable bonds is 10. The largest absolute Gasteiger partial charge is 0.480 e. The van der Waals surface area contributed by atoms with E-state index in [1.54, 1.807) is 23.5 Å². The molecule has 2 aromatic heterocycles. The van der Waals surface area contributed by atoms with Crippen LogP contribution in [-0.4, -0.2) is 32.6 Å². The van der Waals surface area contributed by atoms with Gasteiger partial charge < -0.3 is 15.0 Å². The standard InChI is InChI=1S/C27H28FN3O3S/c1-3-20(4-2)31-24-12-9-18(15-22(24)29-25(31)16-21-6-5-13-35-21)26(32)30-23(27(33)34)14-17-7-10-19(28)11-8-17/h5-13,15,20,23H,3-4,14,16H2,1-2H3,(H,30,32)(H,33,34). The maximum Gasteiger partial charge on any atom is 0.326 e. The number of aromatic nitrogens is 2. The Hall–Kier alpha value is -3.52. The van der Waals surface area contributed by atoms with Gasteiger partial charge in [0.1, 0.15) is 17.7 Å². The Labute approximate surface area is 207 Å². The summed E-state index contributed by atoms with van der Waals surface area (Å²) in [5.41, 5.74) is 2.64. The van der Waals surface area contributed by atoms with Gasteiger partial charge in [0.05, 0.1) is 11.0 Å². The summed E-state index contributed by atoms with van der Waals surface area (Å²) in [4.78, 5) is 30.9. The Morgan fingerprint density at radius 1 is 1.11 bits per heavy atom. The Balaban J connectivity index is 1.61. The van der Waals surface area contributed by atoms with Crippen LogP contribution in [0.25, 0.3) is 11.0 Å². The van der Waals surface area contributed by atoms with E-state index in [9.17, 15) is 19.1 Å². The first-order chi connectivity index (χ1) is 16.9. The third-order valence-electron chi connectivity index (χ3n) is 6.20. The zero-order valence-corrected chi connectivity index (χ0v) is 20.5. The van der Waals surface area contributed by atoms with Gasteiger partial charge in [-0.05, 0) is 60.2 Å². The number of carboxylic acids is 1. The van der Waals surface area contributed by atoms with Crippen molar-refractivity contribution in [1.82, 2.24) is 14.9 Å². The molecule has 182 valence electrons. The molecule has 1 atom stereocenters. The van der Waals surface area contributed by atoms with Crippen molar-refractivity contribution in [1.29, 1.82) is 0 Å². The summed E-state index contributed by atoms with van der Waals surface area (Å²) in [6.07, 6.45) is 2.69. The summed E-state index contributed by atoms with van der Waals surface area (Å²) in [6.45, 7) is 4.31. The molecule has 2 heterocycles. The number of benzene rings is 2. The average Bonchev–Trinajstić information content (AvgIpc) is 3.48. The summed E-state index contributed by atoms with van der Waals surface area (Å²) >= 11 is 1.69. The molecule has 4 rings (SSSR count). The summed E-state index contributed by atoms with van der Waals surface area (Å²) in [6, 6.07) is 14.2. The number of hydrogen-bond acceptors (Lipinski definition) is 4. The molecule has 0 fully saturated rings. The van der Waals surface area contributed by atoms with Gasteiger partial charge in [-0.2, -0.15) is 0 Å². The average molecular weight is 494 g/mol. The zero-order valence-electron chi connectivity index (χ0n) is 19.7. The molecule has 2 N–H and O–H groups in total. The summed E-state index contributed by atoms with van der Waals surface area (Å²) in [5.74, 6) is -1.09. The van der Waals surface area contributed by atoms with Crippen molar-refractivity contribution in [3.63, 3.8) is 0 Å². The highest BCUT2D eigenvalue weighted by Gasteiger charge is 2.23. The molecule has 0 bridgehead atoms. The van der Waals surface area contributed by atoms with E-state index in [-0.39, 0.29) is 6.42 Å². The number of imidazole rings is 1. The highest BCUT2D eigenvalue weighted by molar-refractivity contribution is 7.09. The number of fused-ring (bicyclic) bond motifs is 1. The lowest BCUT2D eigenvalue weighted by atomic mass is 10.1. The molecule has 0 saturated heterocycles. The SMILES string of the molecule is CCC(CC)n1c(Cc2cccs2)nc2cc(C(=O)NC(Cc3ccc(F)cc3)C(=O)O)ccc21. The van der Waals surface area contributed by atoms with Crippen molar-refractivity contribution in [2.45, 2.75) is 51.6 Å². The van der Waals surface area contributed by atoms with Crippen molar-refractivity contribution < 1.29 is 19.1 Å². The lowest BCUT2D eigenvalue weighted by Crippen LogP contribution is -2.42. The van der Waals surface area contributed by atoms with Gasteiger partial charge in [-0.15, -0.1) is 11.3 Å². The number of aliphatic carboxylic acids is 1. The van der Waals surface area contributed by atoms with E-state index in [1.807, 2.05) is 17.5 Å². The second kappa shape index (κ2) is 10.8. The fourth-order valence-corrected chi connectivity index (χ4v) is 5.04. The first-order valence-corrected chi connectivity index (χ1v) is 12.6. The Morgan fingerprint density at radius 2 is 1.86 bits per heavy atom. The van der Waals surface area contributed by atoms with E-state index in [0.717, 1.165) is 24.2 Å². The van der Waals surface area contributed by atoms with E-state index in [2.05, 4.69) is 29.8 Å². The van der Waals surface area contributed by atoms with E-state index in [4.69, 9.17) is 4.98 Å². The van der Waals surface area contributed by atoms with Gasteiger partial charge >= 0.3 is 5.97 Å². The second-order valence-electron chi connectivity index (χ2n) is 8.52. The Morgan fingerprint density at radius 3 is 2.49 bits per heavy atom. The number of nitrogens with one attached hydrogen (secondary N) is 1. The number of hydrogen-bond donors (Lipinski definition) is 2. The van der Waals surface area contributed by atoms with Gasteiger partial charge in [0.2, 0.25) is 0 Å². The predicted molar refractivity (Wildman–Crippen MR) is 135 cm³/mol. The summed E-state index contributed by atoms with van der Waals surface area (Å²) in [5, 5.41) is 14.3. The molecule has 0 aliphatic carbocycles. The van der Waals surface area contributed by atoms with Crippen molar-refractivity contribution in [3.8, 4) is 0 Å². The van der Waals surface area contributed by atoms with Crippen LogP contribution in [0.15, 0.2) is 60.0 Å².